The SMILES string of the molecule is CCOc1ccc([C@@H](C(=O)NCCC(C)C)N(C(=O)c2snc(C(N)=O)c2N)c2cccc(OC)c2)cc1. The lowest BCUT2D eigenvalue weighted by Crippen LogP contribution is -2.44. The summed E-state index contributed by atoms with van der Waals surface area (Å²) >= 11 is 0.751. The summed E-state index contributed by atoms with van der Waals surface area (Å²) in [5, 5.41) is 2.96. The molecule has 1 atom stereocenters. The van der Waals surface area contributed by atoms with Gasteiger partial charge in [0.1, 0.15) is 22.4 Å². The molecule has 0 unspecified atom stereocenters. The fourth-order valence-corrected chi connectivity index (χ4v) is 4.54. The molecule has 0 radical (unpaired) electrons. The molecule has 3 rings (SSSR count). The predicted octanol–water partition coefficient (Wildman–Crippen LogP) is 3.78. The molecule has 3 amide bonds. The van der Waals surface area contributed by atoms with Crippen molar-refractivity contribution in [3.63, 3.8) is 0 Å². The van der Waals surface area contributed by atoms with Crippen molar-refractivity contribution < 1.29 is 23.9 Å². The standard InChI is InChI=1S/C27H33N5O5S/c1-5-37-19-11-9-17(10-12-19)23(26(34)30-14-13-16(2)3)32(18-7-6-8-20(15-18)36-4)27(35)24-21(28)22(25(29)33)31-38-24/h6-12,15-16,23H,5,13-14,28H2,1-4H3,(H2,29,33)(H,30,34)/t23-/m0/s1. The van der Waals surface area contributed by atoms with E-state index < -0.39 is 17.9 Å². The molecule has 0 spiro atoms. The van der Waals surface area contributed by atoms with Crippen LogP contribution < -0.4 is 31.2 Å². The fraction of sp³-hybridized carbons (Fsp3) is 0.333. The minimum Gasteiger partial charge on any atom is -0.497 e. The quantitative estimate of drug-likeness (QED) is 0.317. The first-order valence-corrected chi connectivity index (χ1v) is 13.0. The van der Waals surface area contributed by atoms with Gasteiger partial charge >= 0.3 is 0 Å². The van der Waals surface area contributed by atoms with Crippen LogP contribution in [-0.2, 0) is 4.79 Å². The Labute approximate surface area is 226 Å². The Morgan fingerprint density at radius 3 is 2.39 bits per heavy atom. The van der Waals surface area contributed by atoms with Gasteiger partial charge in [0.2, 0.25) is 5.91 Å². The highest BCUT2D eigenvalue weighted by Crippen LogP contribution is 2.35. The monoisotopic (exact) mass is 539 g/mol. The average Bonchev–Trinajstić information content (AvgIpc) is 3.29. The van der Waals surface area contributed by atoms with Crippen molar-refractivity contribution in [3.05, 3.63) is 64.7 Å². The molecule has 0 fully saturated rings. The molecule has 10 nitrogen and oxygen atoms in total. The average molecular weight is 540 g/mol. The van der Waals surface area contributed by atoms with Gasteiger partial charge in [0, 0.05) is 18.3 Å². The number of nitrogens with two attached hydrogens (primary N) is 2. The highest BCUT2D eigenvalue weighted by Gasteiger charge is 2.36. The van der Waals surface area contributed by atoms with Crippen LogP contribution in [0.4, 0.5) is 11.4 Å². The lowest BCUT2D eigenvalue weighted by atomic mass is 10.0. The smallest absolute Gasteiger partial charge is 0.273 e. The third kappa shape index (κ3) is 6.60. The summed E-state index contributed by atoms with van der Waals surface area (Å²) in [4.78, 5) is 40.9. The number of nitrogens with one attached hydrogen (secondary N) is 1. The van der Waals surface area contributed by atoms with Gasteiger partial charge in [-0.15, -0.1) is 0 Å². The molecule has 0 bridgehead atoms. The molecule has 38 heavy (non-hydrogen) atoms. The Morgan fingerprint density at radius 2 is 1.82 bits per heavy atom. The van der Waals surface area contributed by atoms with E-state index in [1.54, 1.807) is 48.5 Å². The van der Waals surface area contributed by atoms with Crippen molar-refractivity contribution in [3.8, 4) is 11.5 Å². The minimum atomic E-state index is -1.09. The number of rotatable bonds is 12. The third-order valence-corrected chi connectivity index (χ3v) is 6.59. The van der Waals surface area contributed by atoms with Crippen LogP contribution in [0.15, 0.2) is 48.5 Å². The summed E-state index contributed by atoms with van der Waals surface area (Å²) in [5.41, 5.74) is 12.1. The number of hydrogen-bond donors (Lipinski definition) is 3. The summed E-state index contributed by atoms with van der Waals surface area (Å²) in [6.07, 6.45) is 0.763. The largest absolute Gasteiger partial charge is 0.497 e. The number of carbonyl (C=O) groups is 3. The van der Waals surface area contributed by atoms with Gasteiger partial charge < -0.3 is 26.3 Å². The normalized spacial score (nSPS) is 11.6. The van der Waals surface area contributed by atoms with Crippen molar-refractivity contribution in [2.24, 2.45) is 11.7 Å². The second-order valence-electron chi connectivity index (χ2n) is 8.89. The van der Waals surface area contributed by atoms with Crippen molar-refractivity contribution in [1.29, 1.82) is 0 Å². The number of methoxy groups -OCH3 is 1. The second kappa shape index (κ2) is 12.9. The van der Waals surface area contributed by atoms with Crippen LogP contribution in [0.3, 0.4) is 0 Å². The van der Waals surface area contributed by atoms with Crippen molar-refractivity contribution >= 4 is 40.6 Å². The number of carbonyl (C=O) groups excluding carboxylic acids is 3. The highest BCUT2D eigenvalue weighted by molar-refractivity contribution is 7.09. The van der Waals surface area contributed by atoms with Crippen molar-refractivity contribution in [2.45, 2.75) is 33.2 Å². The predicted molar refractivity (Wildman–Crippen MR) is 148 cm³/mol. The third-order valence-electron chi connectivity index (χ3n) is 5.74. The summed E-state index contributed by atoms with van der Waals surface area (Å²) in [6.45, 7) is 6.91. The second-order valence-corrected chi connectivity index (χ2v) is 9.67. The Bertz CT molecular complexity index is 1280. The van der Waals surface area contributed by atoms with Gasteiger partial charge in [-0.1, -0.05) is 32.0 Å². The van der Waals surface area contributed by atoms with Crippen LogP contribution >= 0.6 is 11.5 Å². The molecule has 0 saturated carbocycles. The molecular weight excluding hydrogens is 506 g/mol. The van der Waals surface area contributed by atoms with E-state index in [1.807, 2.05) is 6.92 Å². The molecule has 2 aromatic carbocycles. The number of nitrogen functional groups attached to an aromatic ring is 1. The van der Waals surface area contributed by atoms with Crippen LogP contribution in [-0.4, -0.2) is 42.4 Å². The van der Waals surface area contributed by atoms with E-state index in [2.05, 4.69) is 23.5 Å². The molecule has 202 valence electrons. The first-order chi connectivity index (χ1) is 18.2. The minimum absolute atomic E-state index is 0.00691. The maximum absolute atomic E-state index is 14.1. The van der Waals surface area contributed by atoms with Crippen LogP contribution in [0, 0.1) is 5.92 Å². The van der Waals surface area contributed by atoms with Gasteiger partial charge in [-0.25, -0.2) is 0 Å². The lowest BCUT2D eigenvalue weighted by Gasteiger charge is -2.31. The lowest BCUT2D eigenvalue weighted by molar-refractivity contribution is -0.122. The van der Waals surface area contributed by atoms with Gasteiger partial charge in [-0.2, -0.15) is 4.37 Å². The molecule has 11 heteroatoms. The van der Waals surface area contributed by atoms with Crippen LogP contribution in [0.2, 0.25) is 0 Å². The topological polar surface area (TPSA) is 150 Å². The molecule has 5 N–H and O–H groups in total. The van der Waals surface area contributed by atoms with E-state index in [9.17, 15) is 14.4 Å². The van der Waals surface area contributed by atoms with E-state index in [0.29, 0.717) is 41.8 Å². The Morgan fingerprint density at radius 1 is 1.11 bits per heavy atom. The maximum Gasteiger partial charge on any atom is 0.273 e. The van der Waals surface area contributed by atoms with E-state index >= 15 is 0 Å². The van der Waals surface area contributed by atoms with Crippen LogP contribution in [0.1, 0.15) is 59.0 Å². The molecule has 3 aromatic rings. The maximum atomic E-state index is 14.1. The number of anilines is 2. The summed E-state index contributed by atoms with van der Waals surface area (Å²) in [7, 11) is 1.51. The Balaban J connectivity index is 2.17. The molecular formula is C27H33N5O5S. The molecule has 0 aliphatic heterocycles. The van der Waals surface area contributed by atoms with E-state index in [4.69, 9.17) is 20.9 Å². The molecule has 0 aliphatic rings. The van der Waals surface area contributed by atoms with E-state index in [1.165, 1.54) is 12.0 Å². The van der Waals surface area contributed by atoms with Crippen LogP contribution in [0.25, 0.3) is 0 Å². The zero-order valence-corrected chi connectivity index (χ0v) is 22.7. The van der Waals surface area contributed by atoms with E-state index in [-0.39, 0.29) is 22.2 Å². The summed E-state index contributed by atoms with van der Waals surface area (Å²) in [6, 6.07) is 12.7. The first kappa shape index (κ1) is 28.5. The number of ether oxygens (including phenoxy) is 2. The number of aromatic nitrogens is 1. The van der Waals surface area contributed by atoms with Crippen molar-refractivity contribution in [1.82, 2.24) is 9.69 Å². The van der Waals surface area contributed by atoms with Gasteiger partial charge in [0.25, 0.3) is 11.8 Å². The number of hydrogen-bond acceptors (Lipinski definition) is 8. The zero-order valence-electron chi connectivity index (χ0n) is 21.9. The first-order valence-electron chi connectivity index (χ1n) is 12.2. The Kier molecular flexibility index (Phi) is 9.66. The zero-order chi connectivity index (χ0) is 27.8. The van der Waals surface area contributed by atoms with Gasteiger partial charge in [-0.3, -0.25) is 19.3 Å². The van der Waals surface area contributed by atoms with E-state index in [0.717, 1.165) is 18.0 Å². The molecule has 0 saturated heterocycles. The highest BCUT2D eigenvalue weighted by atomic mass is 32.1. The van der Waals surface area contributed by atoms with Gasteiger partial charge in [-0.05, 0) is 60.6 Å². The van der Waals surface area contributed by atoms with Gasteiger partial charge in [0.15, 0.2) is 5.69 Å². The van der Waals surface area contributed by atoms with Crippen molar-refractivity contribution in [2.75, 3.05) is 30.9 Å². The Hall–Kier alpha value is -4.12. The molecule has 0 aliphatic carbocycles. The number of primary amides is 1. The number of benzene rings is 2. The van der Waals surface area contributed by atoms with Gasteiger partial charge in [0.05, 0.1) is 19.4 Å². The summed E-state index contributed by atoms with van der Waals surface area (Å²) in [5.74, 6) is -0.351. The van der Waals surface area contributed by atoms with Crippen LogP contribution in [0.5, 0.6) is 11.5 Å². The number of amides is 3. The summed E-state index contributed by atoms with van der Waals surface area (Å²) < 4.78 is 14.9. The molecule has 1 heterocycles. The number of nitrogens with zero attached hydrogens (tertiary/aromatic N) is 2. The molecule has 1 aromatic heterocycles. The fourth-order valence-electron chi connectivity index (χ4n) is 3.79.